The molecule has 3 aromatic rings. The summed E-state index contributed by atoms with van der Waals surface area (Å²) in [6.45, 7) is 0. The van der Waals surface area contributed by atoms with Crippen LogP contribution in [0.4, 0.5) is 0 Å². The summed E-state index contributed by atoms with van der Waals surface area (Å²) >= 11 is 3.50. The van der Waals surface area contributed by atoms with Crippen molar-refractivity contribution in [1.29, 1.82) is 0 Å². The molecule has 0 amide bonds. The molecule has 2 aliphatic rings. The first-order valence-corrected chi connectivity index (χ1v) is 8.98. The zero-order valence-electron chi connectivity index (χ0n) is 13.3. The van der Waals surface area contributed by atoms with Gasteiger partial charge in [-0.3, -0.25) is 4.79 Å². The summed E-state index contributed by atoms with van der Waals surface area (Å²) in [5.41, 5.74) is 4.08. The number of fused-ring (bicyclic) bond motifs is 4. The van der Waals surface area contributed by atoms with Gasteiger partial charge in [0, 0.05) is 10.0 Å². The van der Waals surface area contributed by atoms with E-state index in [2.05, 4.69) is 52.3 Å². The molecule has 5 rings (SSSR count). The Bertz CT molecular complexity index is 1300. The van der Waals surface area contributed by atoms with Gasteiger partial charge in [-0.1, -0.05) is 64.5 Å². The van der Waals surface area contributed by atoms with E-state index in [1.165, 1.54) is 10.4 Å². The van der Waals surface area contributed by atoms with E-state index in [9.17, 15) is 4.79 Å². The lowest BCUT2D eigenvalue weighted by atomic mass is 9.90. The molecule has 0 fully saturated rings. The Labute approximate surface area is 153 Å². The number of rotatable bonds is 1. The van der Waals surface area contributed by atoms with E-state index in [-0.39, 0.29) is 5.78 Å². The summed E-state index contributed by atoms with van der Waals surface area (Å²) in [6, 6.07) is 18.8. The standard InChI is InChI=1S/C23H13BrO/c24-16-10-8-14(9-11-16)19-13-20-17-5-2-1-4-15(17)12-21(20)23-18(19)6-3-7-22(23)25/h1-13H. The molecule has 25 heavy (non-hydrogen) atoms. The molecule has 0 saturated carbocycles. The number of ketones is 1. The fourth-order valence-corrected chi connectivity index (χ4v) is 4.00. The molecule has 2 heteroatoms. The van der Waals surface area contributed by atoms with Crippen molar-refractivity contribution in [2.45, 2.75) is 0 Å². The summed E-state index contributed by atoms with van der Waals surface area (Å²) in [5.74, 6) is 0.0803. The molecule has 3 aromatic carbocycles. The molecular weight excluding hydrogens is 372 g/mol. The molecule has 0 aliphatic heterocycles. The van der Waals surface area contributed by atoms with Gasteiger partial charge in [-0.2, -0.15) is 0 Å². The Morgan fingerprint density at radius 3 is 2.52 bits per heavy atom. The number of benzene rings is 3. The molecule has 0 radical (unpaired) electrons. The van der Waals surface area contributed by atoms with Crippen LogP contribution < -0.4 is 10.4 Å². The van der Waals surface area contributed by atoms with Gasteiger partial charge >= 0.3 is 0 Å². The average Bonchev–Trinajstić information content (AvgIpc) is 3.00. The quantitative estimate of drug-likeness (QED) is 0.483. The van der Waals surface area contributed by atoms with Crippen LogP contribution in [0.5, 0.6) is 0 Å². The van der Waals surface area contributed by atoms with Gasteiger partial charge in [-0.05, 0) is 67.9 Å². The Morgan fingerprint density at radius 2 is 1.68 bits per heavy atom. The lowest BCUT2D eigenvalue weighted by molar-refractivity contribution is 0.104. The molecule has 1 nitrogen and oxygen atoms in total. The third-order valence-corrected chi connectivity index (χ3v) is 5.40. The zero-order valence-corrected chi connectivity index (χ0v) is 14.9. The Kier molecular flexibility index (Phi) is 3.16. The molecule has 0 heterocycles. The van der Waals surface area contributed by atoms with E-state index in [1.54, 1.807) is 6.08 Å². The molecule has 0 N–H and O–H groups in total. The van der Waals surface area contributed by atoms with Gasteiger partial charge < -0.3 is 0 Å². The highest BCUT2D eigenvalue weighted by atomic mass is 79.9. The number of halogens is 1. The molecule has 0 atom stereocenters. The van der Waals surface area contributed by atoms with E-state index < -0.39 is 0 Å². The summed E-state index contributed by atoms with van der Waals surface area (Å²) < 4.78 is 1.05. The van der Waals surface area contributed by atoms with Crippen LogP contribution in [0.15, 0.2) is 71.2 Å². The molecule has 0 aromatic heterocycles. The number of hydrogen-bond acceptors (Lipinski definition) is 1. The van der Waals surface area contributed by atoms with Crippen molar-refractivity contribution >= 4 is 33.9 Å². The minimum absolute atomic E-state index is 0.0803. The third kappa shape index (κ3) is 2.18. The number of carbonyl (C=O) groups is 1. The van der Waals surface area contributed by atoms with Crippen molar-refractivity contribution in [1.82, 2.24) is 0 Å². The van der Waals surface area contributed by atoms with Gasteiger partial charge in [-0.15, -0.1) is 0 Å². The van der Waals surface area contributed by atoms with Crippen LogP contribution in [0.3, 0.4) is 0 Å². The van der Waals surface area contributed by atoms with Crippen LogP contribution in [-0.2, 0) is 0 Å². The van der Waals surface area contributed by atoms with Crippen LogP contribution >= 0.6 is 15.9 Å². The second-order valence-corrected chi connectivity index (χ2v) is 7.22. The maximum Gasteiger partial charge on any atom is 0.187 e. The molecule has 2 aliphatic carbocycles. The maximum absolute atomic E-state index is 12.7. The second kappa shape index (κ2) is 5.40. The fourth-order valence-electron chi connectivity index (χ4n) is 3.73. The topological polar surface area (TPSA) is 17.1 Å². The van der Waals surface area contributed by atoms with E-state index >= 15 is 0 Å². The van der Waals surface area contributed by atoms with Crippen LogP contribution in [0.2, 0.25) is 0 Å². The van der Waals surface area contributed by atoms with Crippen molar-refractivity contribution in [3.63, 3.8) is 0 Å². The lowest BCUT2D eigenvalue weighted by Gasteiger charge is -2.13. The zero-order chi connectivity index (χ0) is 17.0. The van der Waals surface area contributed by atoms with Crippen LogP contribution in [0, 0.1) is 10.4 Å². The second-order valence-electron chi connectivity index (χ2n) is 6.30. The van der Waals surface area contributed by atoms with Gasteiger partial charge in [-0.25, -0.2) is 0 Å². The van der Waals surface area contributed by atoms with E-state index in [4.69, 9.17) is 0 Å². The van der Waals surface area contributed by atoms with Gasteiger partial charge in [0.2, 0.25) is 0 Å². The summed E-state index contributed by atoms with van der Waals surface area (Å²) in [5, 5.41) is 4.53. The summed E-state index contributed by atoms with van der Waals surface area (Å²) in [6.07, 6.45) is 7.69. The monoisotopic (exact) mass is 384 g/mol. The highest BCUT2D eigenvalue weighted by Gasteiger charge is 2.19. The van der Waals surface area contributed by atoms with E-state index in [0.717, 1.165) is 37.2 Å². The SMILES string of the molecule is O=C1C=CC=c2c(-c3ccc(Br)cc3)cc3c(c21)C=c1ccccc1=3. The van der Waals surface area contributed by atoms with E-state index in [1.807, 2.05) is 36.4 Å². The fraction of sp³-hybridized carbons (Fsp3) is 0. The Morgan fingerprint density at radius 1 is 0.880 bits per heavy atom. The lowest BCUT2D eigenvalue weighted by Crippen LogP contribution is -2.21. The molecule has 0 saturated heterocycles. The summed E-state index contributed by atoms with van der Waals surface area (Å²) in [7, 11) is 0. The van der Waals surface area contributed by atoms with Crippen molar-refractivity contribution in [2.24, 2.45) is 0 Å². The number of allylic oxidation sites excluding steroid dienone is 2. The third-order valence-electron chi connectivity index (χ3n) is 4.87. The number of carbonyl (C=O) groups excluding carboxylic acids is 1. The van der Waals surface area contributed by atoms with Crippen LogP contribution in [-0.4, -0.2) is 5.78 Å². The van der Waals surface area contributed by atoms with Gasteiger partial charge in [0.15, 0.2) is 5.78 Å². The van der Waals surface area contributed by atoms with Crippen LogP contribution in [0.25, 0.3) is 23.3 Å². The van der Waals surface area contributed by atoms with Crippen molar-refractivity contribution in [2.75, 3.05) is 0 Å². The van der Waals surface area contributed by atoms with Crippen molar-refractivity contribution in [3.05, 3.63) is 103 Å². The normalized spacial score (nSPS) is 13.6. The van der Waals surface area contributed by atoms with Crippen molar-refractivity contribution < 1.29 is 4.79 Å². The maximum atomic E-state index is 12.7. The van der Waals surface area contributed by atoms with Gasteiger partial charge in [0.25, 0.3) is 0 Å². The van der Waals surface area contributed by atoms with E-state index in [0.29, 0.717) is 0 Å². The molecule has 118 valence electrons. The predicted molar refractivity (Wildman–Crippen MR) is 104 cm³/mol. The first-order chi connectivity index (χ1) is 12.2. The minimum Gasteiger partial charge on any atom is -0.289 e. The van der Waals surface area contributed by atoms with Gasteiger partial charge in [0.1, 0.15) is 0 Å². The molecule has 0 bridgehead atoms. The van der Waals surface area contributed by atoms with Gasteiger partial charge in [0.05, 0.1) is 0 Å². The minimum atomic E-state index is 0.0803. The average molecular weight is 385 g/mol. The highest BCUT2D eigenvalue weighted by Crippen LogP contribution is 2.25. The van der Waals surface area contributed by atoms with Crippen molar-refractivity contribution in [3.8, 4) is 11.1 Å². The first-order valence-electron chi connectivity index (χ1n) is 8.19. The molecule has 0 unspecified atom stereocenters. The van der Waals surface area contributed by atoms with Crippen LogP contribution in [0.1, 0.15) is 15.9 Å². The number of hydrogen-bond donors (Lipinski definition) is 0. The predicted octanol–water partition coefficient (Wildman–Crippen LogP) is 4.08. The largest absolute Gasteiger partial charge is 0.289 e. The Hall–Kier alpha value is -2.71. The smallest absolute Gasteiger partial charge is 0.187 e. The highest BCUT2D eigenvalue weighted by molar-refractivity contribution is 9.10. The Balaban J connectivity index is 1.99. The first kappa shape index (κ1) is 14.6. The molecule has 0 spiro atoms. The summed E-state index contributed by atoms with van der Waals surface area (Å²) in [4.78, 5) is 12.7. The molecular formula is C23H13BrO.